The second kappa shape index (κ2) is 7.81. The summed E-state index contributed by atoms with van der Waals surface area (Å²) in [5.74, 6) is -2.06. The molecule has 9 heteroatoms. The van der Waals surface area contributed by atoms with E-state index in [-0.39, 0.29) is 23.6 Å². The van der Waals surface area contributed by atoms with Crippen LogP contribution in [0.5, 0.6) is 11.5 Å². The predicted octanol–water partition coefficient (Wildman–Crippen LogP) is 2.96. The number of aromatic hydroxyl groups is 1. The Morgan fingerprint density at radius 2 is 1.89 bits per heavy atom. The maximum absolute atomic E-state index is 13.1. The second-order valence-electron chi connectivity index (χ2n) is 5.89. The first-order valence-electron chi connectivity index (χ1n) is 8.00. The Hall–Kier alpha value is -3.20. The number of ether oxygens (including phenoxy) is 1. The largest absolute Gasteiger partial charge is 0.503 e. The molecule has 0 aliphatic carbocycles. The monoisotopic (exact) mass is 448 g/mol. The van der Waals surface area contributed by atoms with Crippen LogP contribution in [0.1, 0.15) is 11.1 Å². The maximum atomic E-state index is 13.1. The summed E-state index contributed by atoms with van der Waals surface area (Å²) in [6.45, 7) is -0.127. The third-order valence-electron chi connectivity index (χ3n) is 4.02. The minimum absolute atomic E-state index is 0.127. The topological polar surface area (TPSA) is 95.9 Å². The molecule has 0 spiro atoms. The summed E-state index contributed by atoms with van der Waals surface area (Å²) in [5.41, 5.74) is 0.658. The fourth-order valence-electron chi connectivity index (χ4n) is 2.61. The van der Waals surface area contributed by atoms with Crippen LogP contribution in [-0.4, -0.2) is 35.0 Å². The number of phenols is 1. The number of urea groups is 1. The highest BCUT2D eigenvalue weighted by atomic mass is 79.9. The van der Waals surface area contributed by atoms with Crippen molar-refractivity contribution < 1.29 is 28.6 Å². The zero-order chi connectivity index (χ0) is 20.4. The number of rotatable bonds is 4. The lowest BCUT2D eigenvalue weighted by atomic mass is 10.1. The number of halogens is 2. The Morgan fingerprint density at radius 1 is 1.21 bits per heavy atom. The van der Waals surface area contributed by atoms with Gasteiger partial charge in [0.2, 0.25) is 0 Å². The van der Waals surface area contributed by atoms with Gasteiger partial charge in [-0.15, -0.1) is 0 Å². The van der Waals surface area contributed by atoms with E-state index in [1.165, 1.54) is 49.6 Å². The zero-order valence-corrected chi connectivity index (χ0v) is 16.1. The van der Waals surface area contributed by atoms with E-state index in [2.05, 4.69) is 21.2 Å². The van der Waals surface area contributed by atoms with Crippen molar-refractivity contribution >= 4 is 39.9 Å². The molecule has 1 heterocycles. The molecule has 0 saturated carbocycles. The molecule has 4 amide bonds. The summed E-state index contributed by atoms with van der Waals surface area (Å²) in [5, 5.41) is 12.0. The van der Waals surface area contributed by atoms with Gasteiger partial charge in [-0.2, -0.15) is 0 Å². The summed E-state index contributed by atoms with van der Waals surface area (Å²) in [6, 6.07) is 7.38. The number of benzene rings is 2. The van der Waals surface area contributed by atoms with E-state index < -0.39 is 23.7 Å². The highest BCUT2D eigenvalue weighted by Crippen LogP contribution is 2.36. The number of phenolic OH excluding ortho intramolecular Hbond substituents is 1. The first kappa shape index (κ1) is 19.6. The van der Waals surface area contributed by atoms with E-state index in [1.54, 1.807) is 0 Å². The van der Waals surface area contributed by atoms with Crippen LogP contribution in [0.25, 0.3) is 6.08 Å². The summed E-state index contributed by atoms with van der Waals surface area (Å²) < 4.78 is 18.4. The summed E-state index contributed by atoms with van der Waals surface area (Å²) >= 11 is 3.16. The Morgan fingerprint density at radius 3 is 2.54 bits per heavy atom. The van der Waals surface area contributed by atoms with Gasteiger partial charge in [0.1, 0.15) is 11.4 Å². The smallest absolute Gasteiger partial charge is 0.331 e. The highest BCUT2D eigenvalue weighted by molar-refractivity contribution is 9.10. The van der Waals surface area contributed by atoms with Gasteiger partial charge in [0.05, 0.1) is 18.1 Å². The van der Waals surface area contributed by atoms with Crippen LogP contribution in [0, 0.1) is 5.82 Å². The Labute approximate surface area is 167 Å². The van der Waals surface area contributed by atoms with Gasteiger partial charge in [-0.05, 0) is 57.4 Å². The van der Waals surface area contributed by atoms with Gasteiger partial charge >= 0.3 is 6.03 Å². The summed E-state index contributed by atoms with van der Waals surface area (Å²) in [7, 11) is 1.36. The third kappa shape index (κ3) is 3.89. The molecule has 2 aromatic carbocycles. The number of nitrogens with zero attached hydrogens (tertiary/aromatic N) is 1. The van der Waals surface area contributed by atoms with E-state index in [4.69, 9.17) is 4.74 Å². The molecule has 0 radical (unpaired) electrons. The van der Waals surface area contributed by atoms with Crippen molar-refractivity contribution in [3.05, 3.63) is 63.4 Å². The van der Waals surface area contributed by atoms with Crippen LogP contribution >= 0.6 is 15.9 Å². The van der Waals surface area contributed by atoms with E-state index in [9.17, 15) is 23.9 Å². The number of amides is 4. The lowest BCUT2D eigenvalue weighted by Crippen LogP contribution is -2.53. The van der Waals surface area contributed by atoms with Gasteiger partial charge < -0.3 is 9.84 Å². The average Bonchev–Trinajstić information content (AvgIpc) is 2.66. The molecule has 3 rings (SSSR count). The minimum Gasteiger partial charge on any atom is -0.503 e. The van der Waals surface area contributed by atoms with Gasteiger partial charge in [-0.25, -0.2) is 9.18 Å². The molecule has 0 atom stereocenters. The van der Waals surface area contributed by atoms with Crippen LogP contribution < -0.4 is 10.1 Å². The molecule has 1 fully saturated rings. The van der Waals surface area contributed by atoms with Gasteiger partial charge in [-0.1, -0.05) is 12.1 Å². The first-order valence-corrected chi connectivity index (χ1v) is 8.79. The number of methoxy groups -OCH3 is 1. The number of nitrogens with one attached hydrogen (secondary N) is 1. The normalized spacial score (nSPS) is 15.8. The summed E-state index contributed by atoms with van der Waals surface area (Å²) in [6.07, 6.45) is 1.29. The van der Waals surface area contributed by atoms with Crippen LogP contribution in [0.3, 0.4) is 0 Å². The molecule has 2 aromatic rings. The molecule has 0 aromatic heterocycles. The van der Waals surface area contributed by atoms with E-state index >= 15 is 0 Å². The predicted molar refractivity (Wildman–Crippen MR) is 101 cm³/mol. The molecule has 144 valence electrons. The van der Waals surface area contributed by atoms with Crippen LogP contribution in [-0.2, 0) is 16.1 Å². The number of carbonyl (C=O) groups is 3. The maximum Gasteiger partial charge on any atom is 0.331 e. The van der Waals surface area contributed by atoms with Gasteiger partial charge in [0.25, 0.3) is 11.8 Å². The van der Waals surface area contributed by atoms with Crippen LogP contribution in [0.15, 0.2) is 46.4 Å². The minimum atomic E-state index is -0.860. The zero-order valence-electron chi connectivity index (χ0n) is 14.5. The van der Waals surface area contributed by atoms with Crippen molar-refractivity contribution in [2.45, 2.75) is 6.54 Å². The lowest BCUT2D eigenvalue weighted by molar-refractivity contribution is -0.130. The molecule has 1 saturated heterocycles. The van der Waals surface area contributed by atoms with E-state index in [0.717, 1.165) is 4.90 Å². The van der Waals surface area contributed by atoms with Crippen molar-refractivity contribution in [3.8, 4) is 11.5 Å². The Bertz CT molecular complexity index is 1000. The molecule has 7 nitrogen and oxygen atoms in total. The van der Waals surface area contributed by atoms with Crippen LogP contribution in [0.2, 0.25) is 0 Å². The van der Waals surface area contributed by atoms with Crippen molar-refractivity contribution in [1.29, 1.82) is 0 Å². The van der Waals surface area contributed by atoms with E-state index in [0.29, 0.717) is 15.6 Å². The van der Waals surface area contributed by atoms with Crippen LogP contribution in [0.4, 0.5) is 9.18 Å². The number of hydrogen-bond acceptors (Lipinski definition) is 5. The van der Waals surface area contributed by atoms with Crippen molar-refractivity contribution in [2.75, 3.05) is 7.11 Å². The highest BCUT2D eigenvalue weighted by Gasteiger charge is 2.35. The van der Waals surface area contributed by atoms with E-state index in [1.807, 2.05) is 0 Å². The number of imide groups is 2. The SMILES string of the molecule is COc1cc(/C=C2/C(=O)NC(=O)N(Cc3ccc(F)cc3)C2=O)cc(Br)c1O. The molecular formula is C19H14BrFN2O5. The standard InChI is InChI=1S/C19H14BrFN2O5/c1-28-15-8-11(7-14(20)16(15)24)6-13-17(25)22-19(27)23(18(13)26)9-10-2-4-12(21)5-3-10/h2-8,24H,9H2,1H3,(H,22,25,27)/b13-6-. The second-order valence-corrected chi connectivity index (χ2v) is 6.74. The lowest BCUT2D eigenvalue weighted by Gasteiger charge is -2.26. The molecule has 2 N–H and O–H groups in total. The quantitative estimate of drug-likeness (QED) is 0.553. The van der Waals surface area contributed by atoms with Gasteiger partial charge in [0, 0.05) is 0 Å². The Balaban J connectivity index is 1.94. The van der Waals surface area contributed by atoms with Gasteiger partial charge in [0.15, 0.2) is 11.5 Å². The molecular weight excluding hydrogens is 435 g/mol. The molecule has 28 heavy (non-hydrogen) atoms. The van der Waals surface area contributed by atoms with Crippen molar-refractivity contribution in [3.63, 3.8) is 0 Å². The van der Waals surface area contributed by atoms with Gasteiger partial charge in [-0.3, -0.25) is 19.8 Å². The van der Waals surface area contributed by atoms with Crippen molar-refractivity contribution in [2.24, 2.45) is 0 Å². The molecule has 0 bridgehead atoms. The van der Waals surface area contributed by atoms with Crippen molar-refractivity contribution in [1.82, 2.24) is 10.2 Å². The molecule has 0 unspecified atom stereocenters. The fraction of sp³-hybridized carbons (Fsp3) is 0.105. The first-order chi connectivity index (χ1) is 13.3. The molecule has 1 aliphatic heterocycles. The fourth-order valence-corrected chi connectivity index (χ4v) is 3.07. The number of carbonyl (C=O) groups excluding carboxylic acids is 3. The Kier molecular flexibility index (Phi) is 5.46. The molecule has 1 aliphatic rings. The number of hydrogen-bond donors (Lipinski definition) is 2. The third-order valence-corrected chi connectivity index (χ3v) is 4.63. The average molecular weight is 449 g/mol. The number of barbiturate groups is 1. The summed E-state index contributed by atoms with van der Waals surface area (Å²) in [4.78, 5) is 37.9.